The molecule has 2 aliphatic heterocycles. The molecule has 11 nitrogen and oxygen atoms in total. The number of nitrogens with zero attached hydrogens (tertiary/aromatic N) is 3. The standard InChI is InChI=1S/C22H22N8O3S/c31-20-16(28-22(33)29-20)5-11-8-24-30-18(25-13-1-2-13)7-15(27-19(11)30)12-6-17(34-10-12)21(32)26-14-3-4-23-9-14/h5-8,10,13-14,23,25H,1-4,9H2,(H,26,32)(H2,28,29,31,33)/b16-5-. The van der Waals surface area contributed by atoms with Gasteiger partial charge in [0.1, 0.15) is 11.5 Å². The van der Waals surface area contributed by atoms with Gasteiger partial charge in [-0.25, -0.2) is 9.78 Å². The number of hydrogen-bond donors (Lipinski definition) is 5. The average molecular weight is 479 g/mol. The average Bonchev–Trinajstić information content (AvgIpc) is 3.24. The molecule has 5 N–H and O–H groups in total. The van der Waals surface area contributed by atoms with Gasteiger partial charge in [-0.1, -0.05) is 0 Å². The van der Waals surface area contributed by atoms with Gasteiger partial charge in [-0.05, 0) is 37.9 Å². The number of aromatic nitrogens is 3. The highest BCUT2D eigenvalue weighted by molar-refractivity contribution is 7.12. The summed E-state index contributed by atoms with van der Waals surface area (Å²) in [6.07, 6.45) is 6.26. The Hall–Kier alpha value is -3.77. The first-order chi connectivity index (χ1) is 16.5. The summed E-state index contributed by atoms with van der Waals surface area (Å²) in [5, 5.41) is 20.8. The van der Waals surface area contributed by atoms with Gasteiger partial charge in [0.15, 0.2) is 5.65 Å². The van der Waals surface area contributed by atoms with E-state index in [4.69, 9.17) is 4.98 Å². The number of thiophene rings is 1. The van der Waals surface area contributed by atoms with Crippen molar-refractivity contribution >= 4 is 46.7 Å². The summed E-state index contributed by atoms with van der Waals surface area (Å²) >= 11 is 1.38. The molecule has 6 rings (SSSR count). The smallest absolute Gasteiger partial charge is 0.326 e. The second-order valence-electron chi connectivity index (χ2n) is 8.61. The second kappa shape index (κ2) is 8.22. The van der Waals surface area contributed by atoms with Crippen LogP contribution < -0.4 is 26.6 Å². The number of urea groups is 1. The summed E-state index contributed by atoms with van der Waals surface area (Å²) in [5.74, 6) is 0.198. The Morgan fingerprint density at radius 1 is 1.18 bits per heavy atom. The fourth-order valence-electron chi connectivity index (χ4n) is 4.03. The van der Waals surface area contributed by atoms with E-state index in [0.717, 1.165) is 43.7 Å². The molecule has 1 aliphatic carbocycles. The molecule has 34 heavy (non-hydrogen) atoms. The predicted molar refractivity (Wildman–Crippen MR) is 126 cm³/mol. The number of fused-ring (bicyclic) bond motifs is 1. The monoisotopic (exact) mass is 478 g/mol. The summed E-state index contributed by atoms with van der Waals surface area (Å²) in [7, 11) is 0. The normalized spacial score (nSPS) is 21.2. The highest BCUT2D eigenvalue weighted by Gasteiger charge is 2.26. The molecule has 4 amide bonds. The number of carbonyl (C=O) groups excluding carboxylic acids is 3. The molecule has 0 spiro atoms. The van der Waals surface area contributed by atoms with Crippen molar-refractivity contribution in [3.63, 3.8) is 0 Å². The van der Waals surface area contributed by atoms with Crippen molar-refractivity contribution in [2.24, 2.45) is 0 Å². The van der Waals surface area contributed by atoms with Gasteiger partial charge >= 0.3 is 6.03 Å². The van der Waals surface area contributed by atoms with Crippen LogP contribution in [0.3, 0.4) is 0 Å². The van der Waals surface area contributed by atoms with E-state index in [-0.39, 0.29) is 17.6 Å². The Balaban J connectivity index is 1.36. The first kappa shape index (κ1) is 20.8. The zero-order valence-corrected chi connectivity index (χ0v) is 18.9. The molecule has 12 heteroatoms. The maximum absolute atomic E-state index is 12.7. The highest BCUT2D eigenvalue weighted by atomic mass is 32.1. The molecule has 3 aromatic rings. The van der Waals surface area contributed by atoms with E-state index in [2.05, 4.69) is 31.7 Å². The third kappa shape index (κ3) is 4.01. The van der Waals surface area contributed by atoms with Crippen LogP contribution in [0.25, 0.3) is 23.0 Å². The van der Waals surface area contributed by atoms with Crippen LogP contribution >= 0.6 is 11.3 Å². The van der Waals surface area contributed by atoms with Crippen molar-refractivity contribution in [3.8, 4) is 11.3 Å². The Morgan fingerprint density at radius 3 is 2.79 bits per heavy atom. The molecular formula is C22H22N8O3S. The van der Waals surface area contributed by atoms with Gasteiger partial charge in [0, 0.05) is 41.2 Å². The minimum absolute atomic E-state index is 0.0832. The Morgan fingerprint density at radius 2 is 2.06 bits per heavy atom. The summed E-state index contributed by atoms with van der Waals surface area (Å²) in [6.45, 7) is 1.70. The minimum atomic E-state index is -0.560. The van der Waals surface area contributed by atoms with E-state index >= 15 is 0 Å². The number of imide groups is 1. The molecule has 174 valence electrons. The summed E-state index contributed by atoms with van der Waals surface area (Å²) in [4.78, 5) is 41.6. The number of nitrogens with one attached hydrogen (secondary N) is 5. The van der Waals surface area contributed by atoms with E-state index in [9.17, 15) is 14.4 Å². The maximum atomic E-state index is 12.7. The molecule has 3 fully saturated rings. The van der Waals surface area contributed by atoms with E-state index in [1.807, 2.05) is 17.5 Å². The van der Waals surface area contributed by atoms with Gasteiger partial charge in [-0.3, -0.25) is 14.9 Å². The summed E-state index contributed by atoms with van der Waals surface area (Å²) in [6, 6.07) is 3.74. The zero-order valence-electron chi connectivity index (χ0n) is 18.1. The summed E-state index contributed by atoms with van der Waals surface area (Å²) < 4.78 is 1.69. The van der Waals surface area contributed by atoms with E-state index < -0.39 is 11.9 Å². The fraction of sp³-hybridized carbons (Fsp3) is 0.318. The van der Waals surface area contributed by atoms with Gasteiger partial charge in [0.05, 0.1) is 16.8 Å². The van der Waals surface area contributed by atoms with E-state index in [0.29, 0.717) is 27.8 Å². The van der Waals surface area contributed by atoms with Crippen molar-refractivity contribution in [1.29, 1.82) is 0 Å². The molecule has 5 heterocycles. The molecule has 2 saturated heterocycles. The van der Waals surface area contributed by atoms with Crippen LogP contribution in [0.5, 0.6) is 0 Å². The molecule has 1 unspecified atom stereocenters. The maximum Gasteiger partial charge on any atom is 0.326 e. The third-order valence-electron chi connectivity index (χ3n) is 5.96. The second-order valence-corrected chi connectivity index (χ2v) is 9.52. The molecule has 0 radical (unpaired) electrons. The number of rotatable bonds is 6. The molecule has 1 atom stereocenters. The topological polar surface area (TPSA) is 142 Å². The number of anilines is 1. The van der Waals surface area contributed by atoms with Crippen LogP contribution in [0.1, 0.15) is 34.5 Å². The largest absolute Gasteiger partial charge is 0.367 e. The lowest BCUT2D eigenvalue weighted by atomic mass is 10.2. The van der Waals surface area contributed by atoms with Crippen molar-refractivity contribution < 1.29 is 14.4 Å². The van der Waals surface area contributed by atoms with Crippen molar-refractivity contribution in [3.05, 3.63) is 39.8 Å². The van der Waals surface area contributed by atoms with Crippen molar-refractivity contribution in [1.82, 2.24) is 35.9 Å². The number of amides is 4. The van der Waals surface area contributed by atoms with Gasteiger partial charge in [0.2, 0.25) is 0 Å². The molecule has 0 bridgehead atoms. The van der Waals surface area contributed by atoms with Crippen LogP contribution in [0.4, 0.5) is 10.6 Å². The van der Waals surface area contributed by atoms with Crippen LogP contribution in [-0.4, -0.2) is 57.6 Å². The lowest BCUT2D eigenvalue weighted by Gasteiger charge is -2.10. The predicted octanol–water partition coefficient (Wildman–Crippen LogP) is 1.30. The van der Waals surface area contributed by atoms with Crippen LogP contribution in [0, 0.1) is 0 Å². The van der Waals surface area contributed by atoms with Gasteiger partial charge in [0.25, 0.3) is 11.8 Å². The lowest BCUT2D eigenvalue weighted by Crippen LogP contribution is -2.35. The van der Waals surface area contributed by atoms with Crippen LogP contribution in [0.15, 0.2) is 29.4 Å². The highest BCUT2D eigenvalue weighted by Crippen LogP contribution is 2.31. The van der Waals surface area contributed by atoms with Gasteiger partial charge in [-0.2, -0.15) is 9.61 Å². The minimum Gasteiger partial charge on any atom is -0.367 e. The Bertz CT molecular complexity index is 1350. The molecule has 0 aromatic carbocycles. The number of carbonyl (C=O) groups is 3. The van der Waals surface area contributed by atoms with Crippen molar-refractivity contribution in [2.45, 2.75) is 31.3 Å². The third-order valence-corrected chi connectivity index (χ3v) is 6.89. The van der Waals surface area contributed by atoms with E-state index in [1.165, 1.54) is 11.3 Å². The van der Waals surface area contributed by atoms with Crippen LogP contribution in [0.2, 0.25) is 0 Å². The quantitative estimate of drug-likeness (QED) is 0.266. The molecular weight excluding hydrogens is 456 g/mol. The molecule has 1 saturated carbocycles. The Kier molecular flexibility index (Phi) is 5.03. The zero-order chi connectivity index (χ0) is 23.2. The van der Waals surface area contributed by atoms with Gasteiger partial charge < -0.3 is 21.3 Å². The SMILES string of the molecule is O=C1NC(=O)/C(=C/c2cnn3c(NC4CC4)cc(-c4csc(C(=O)NC5CCNC5)c4)nc23)N1. The Labute approximate surface area is 198 Å². The summed E-state index contributed by atoms with van der Waals surface area (Å²) in [5.41, 5.74) is 2.78. The van der Waals surface area contributed by atoms with Crippen molar-refractivity contribution in [2.75, 3.05) is 18.4 Å². The first-order valence-corrected chi connectivity index (χ1v) is 12.0. The first-order valence-electron chi connectivity index (χ1n) is 11.1. The van der Waals surface area contributed by atoms with E-state index in [1.54, 1.807) is 16.8 Å². The molecule has 3 aromatic heterocycles. The van der Waals surface area contributed by atoms with Crippen LogP contribution in [-0.2, 0) is 4.79 Å². The van der Waals surface area contributed by atoms with Gasteiger partial charge in [-0.15, -0.1) is 11.3 Å². The fourth-order valence-corrected chi connectivity index (χ4v) is 4.83. The lowest BCUT2D eigenvalue weighted by molar-refractivity contribution is -0.115. The number of hydrogen-bond acceptors (Lipinski definition) is 8. The molecule has 3 aliphatic rings.